The fraction of sp³-hybridized carbons (Fsp3) is 0.286. The lowest BCUT2D eigenvalue weighted by Gasteiger charge is -2.25. The molecule has 39 heavy (non-hydrogen) atoms. The maximum Gasteiger partial charge on any atom is 0.305 e. The van der Waals surface area contributed by atoms with Crippen LogP contribution in [0.1, 0.15) is 28.8 Å². The molecule has 1 aliphatic heterocycles. The van der Waals surface area contributed by atoms with Gasteiger partial charge >= 0.3 is 5.97 Å². The molecule has 0 bridgehead atoms. The van der Waals surface area contributed by atoms with E-state index in [2.05, 4.69) is 4.98 Å². The largest absolute Gasteiger partial charge is 0.490 e. The molecule has 10 nitrogen and oxygen atoms in total. The third kappa shape index (κ3) is 6.61. The molecule has 0 aliphatic carbocycles. The summed E-state index contributed by atoms with van der Waals surface area (Å²) in [6.07, 6.45) is 4.83. The number of nitrogens with one attached hydrogen (secondary N) is 1. The molecule has 11 heteroatoms. The Morgan fingerprint density at radius 3 is 2.44 bits per heavy atom. The van der Waals surface area contributed by atoms with Gasteiger partial charge in [-0.2, -0.15) is 0 Å². The van der Waals surface area contributed by atoms with Crippen LogP contribution in [0.25, 0.3) is 11.1 Å². The van der Waals surface area contributed by atoms with Crippen LogP contribution < -0.4 is 10.5 Å². The molecule has 4 rings (SSSR count). The second-order valence-corrected chi connectivity index (χ2v) is 11.5. The van der Waals surface area contributed by atoms with Crippen LogP contribution in [-0.2, 0) is 19.4 Å². The lowest BCUT2D eigenvalue weighted by atomic mass is 10.0. The van der Waals surface area contributed by atoms with Crippen LogP contribution in [0.15, 0.2) is 71.9 Å². The van der Waals surface area contributed by atoms with Crippen LogP contribution in [0, 0.1) is 11.3 Å². The van der Waals surface area contributed by atoms with Crippen LogP contribution in [0.4, 0.5) is 0 Å². The van der Waals surface area contributed by atoms with Gasteiger partial charge in [0.2, 0.25) is 0 Å². The summed E-state index contributed by atoms with van der Waals surface area (Å²) < 4.78 is 36.2. The minimum absolute atomic E-state index is 0.0184. The summed E-state index contributed by atoms with van der Waals surface area (Å²) in [4.78, 5) is 30.9. The molecule has 3 N–H and O–H groups in total. The van der Waals surface area contributed by atoms with Gasteiger partial charge in [-0.25, -0.2) is 8.42 Å². The second kappa shape index (κ2) is 11.6. The number of pyridine rings is 1. The lowest BCUT2D eigenvalue weighted by Crippen LogP contribution is -2.39. The van der Waals surface area contributed by atoms with Crippen LogP contribution >= 0.6 is 0 Å². The molecular formula is C28H30N4O6S. The van der Waals surface area contributed by atoms with E-state index in [9.17, 15) is 18.0 Å². The zero-order chi connectivity index (χ0) is 28.2. The third-order valence-corrected chi connectivity index (χ3v) is 7.78. The van der Waals surface area contributed by atoms with Crippen LogP contribution in [0.5, 0.6) is 5.75 Å². The molecule has 0 radical (unpaired) electrons. The fourth-order valence-electron chi connectivity index (χ4n) is 4.67. The first-order valence-corrected chi connectivity index (χ1v) is 14.2. The SMILES string of the molecule is COC(=O)C[C@@H]1C[C@@H](COc2ccc(-c3ccc(C(=N)N)cc3)cc2S(C)(=O)=O)N(C(=O)c2cccnc2)C1. The number of hydrogen-bond donors (Lipinski definition) is 2. The van der Waals surface area contributed by atoms with Crippen molar-refractivity contribution in [1.29, 1.82) is 5.41 Å². The Morgan fingerprint density at radius 1 is 1.10 bits per heavy atom. The highest BCUT2D eigenvalue weighted by Crippen LogP contribution is 2.33. The standard InChI is InChI=1S/C28H30N4O6S/c1-37-26(33)13-18-12-23(32(16-18)28(34)22-4-3-11-31-15-22)17-38-24-10-9-21(14-25(24)39(2,35)36)19-5-7-20(8-6-19)27(29)30/h3-11,14-15,18,23H,12-13,16-17H2,1-2H3,(H3,29,30)/t18-,23-/m0/s1. The van der Waals surface area contributed by atoms with Gasteiger partial charge in [-0.15, -0.1) is 0 Å². The highest BCUT2D eigenvalue weighted by atomic mass is 32.2. The van der Waals surface area contributed by atoms with Gasteiger partial charge in [-0.1, -0.05) is 30.3 Å². The number of nitrogens with zero attached hydrogens (tertiary/aromatic N) is 2. The molecule has 0 unspecified atom stereocenters. The number of benzene rings is 2. The average Bonchev–Trinajstić information content (AvgIpc) is 3.33. The van der Waals surface area contributed by atoms with E-state index >= 15 is 0 Å². The topological polar surface area (TPSA) is 153 Å². The monoisotopic (exact) mass is 550 g/mol. The highest BCUT2D eigenvalue weighted by molar-refractivity contribution is 7.90. The number of aromatic nitrogens is 1. The van der Waals surface area contributed by atoms with Crippen molar-refractivity contribution in [3.63, 3.8) is 0 Å². The molecule has 0 spiro atoms. The summed E-state index contributed by atoms with van der Waals surface area (Å²) in [6.45, 7) is 0.379. The van der Waals surface area contributed by atoms with E-state index in [1.807, 2.05) is 0 Å². The Kier molecular flexibility index (Phi) is 8.29. The summed E-state index contributed by atoms with van der Waals surface area (Å²) in [5.41, 5.74) is 7.92. The molecule has 3 aromatic rings. The molecule has 1 saturated heterocycles. The third-order valence-electron chi connectivity index (χ3n) is 6.66. The number of esters is 1. The zero-order valence-corrected chi connectivity index (χ0v) is 22.5. The van der Waals surface area contributed by atoms with Gasteiger partial charge in [-0.3, -0.25) is 20.0 Å². The molecule has 1 amide bonds. The van der Waals surface area contributed by atoms with E-state index in [4.69, 9.17) is 20.6 Å². The van der Waals surface area contributed by atoms with Gasteiger partial charge < -0.3 is 20.1 Å². The number of rotatable bonds is 9. The van der Waals surface area contributed by atoms with E-state index in [0.717, 1.165) is 11.8 Å². The Hall–Kier alpha value is -4.25. The van der Waals surface area contributed by atoms with E-state index < -0.39 is 15.9 Å². The zero-order valence-electron chi connectivity index (χ0n) is 21.7. The minimum Gasteiger partial charge on any atom is -0.490 e. The first-order valence-electron chi connectivity index (χ1n) is 12.3. The molecule has 2 atom stereocenters. The number of amidine groups is 1. The van der Waals surface area contributed by atoms with Crippen LogP contribution in [0.2, 0.25) is 0 Å². The second-order valence-electron chi connectivity index (χ2n) is 9.47. The maximum atomic E-state index is 13.3. The maximum absolute atomic E-state index is 13.3. The molecule has 0 saturated carbocycles. The minimum atomic E-state index is -3.66. The molecule has 1 fully saturated rings. The number of nitrogens with two attached hydrogens (primary N) is 1. The molecule has 2 heterocycles. The Labute approximate surface area is 227 Å². The predicted octanol–water partition coefficient (Wildman–Crippen LogP) is 2.91. The van der Waals surface area contributed by atoms with Gasteiger partial charge in [0.05, 0.1) is 25.1 Å². The number of sulfone groups is 1. The predicted molar refractivity (Wildman–Crippen MR) is 145 cm³/mol. The molecule has 1 aliphatic rings. The Balaban J connectivity index is 1.58. The van der Waals surface area contributed by atoms with Crippen molar-refractivity contribution in [2.45, 2.75) is 23.8 Å². The molecule has 204 valence electrons. The molecular weight excluding hydrogens is 520 g/mol. The van der Waals surface area contributed by atoms with Crippen molar-refractivity contribution in [2.75, 3.05) is 26.5 Å². The quantitative estimate of drug-likeness (QED) is 0.234. The molecule has 2 aromatic carbocycles. The number of amides is 1. The number of likely N-dealkylation sites (tertiary alicyclic amines) is 1. The summed E-state index contributed by atoms with van der Waals surface area (Å²) in [5, 5.41) is 7.55. The van der Waals surface area contributed by atoms with Crippen molar-refractivity contribution in [3.8, 4) is 16.9 Å². The number of hydrogen-bond acceptors (Lipinski definition) is 8. The summed E-state index contributed by atoms with van der Waals surface area (Å²) in [7, 11) is -2.34. The van der Waals surface area contributed by atoms with Crippen molar-refractivity contribution < 1.29 is 27.5 Å². The van der Waals surface area contributed by atoms with Gasteiger partial charge in [-0.05, 0) is 47.7 Å². The van der Waals surface area contributed by atoms with E-state index in [-0.39, 0.29) is 47.3 Å². The van der Waals surface area contributed by atoms with Gasteiger partial charge in [0, 0.05) is 30.8 Å². The summed E-state index contributed by atoms with van der Waals surface area (Å²) in [5.74, 6) is -0.606. The number of nitrogen functional groups attached to an aromatic ring is 1. The van der Waals surface area contributed by atoms with Crippen molar-refractivity contribution in [1.82, 2.24) is 9.88 Å². The van der Waals surface area contributed by atoms with Crippen LogP contribution in [-0.4, -0.2) is 68.6 Å². The normalized spacial score (nSPS) is 17.0. The first kappa shape index (κ1) is 27.8. The van der Waals surface area contributed by atoms with E-state index in [1.165, 1.54) is 13.3 Å². The fourth-order valence-corrected chi connectivity index (χ4v) is 5.50. The number of carbonyl (C=O) groups is 2. The van der Waals surface area contributed by atoms with E-state index in [1.54, 1.807) is 65.7 Å². The lowest BCUT2D eigenvalue weighted by molar-refractivity contribution is -0.141. The average molecular weight is 551 g/mol. The number of ether oxygens (including phenoxy) is 2. The van der Waals surface area contributed by atoms with Crippen molar-refractivity contribution in [3.05, 3.63) is 78.1 Å². The first-order chi connectivity index (χ1) is 18.6. The van der Waals surface area contributed by atoms with Gasteiger partial charge in [0.15, 0.2) is 9.84 Å². The summed E-state index contributed by atoms with van der Waals surface area (Å²) >= 11 is 0. The van der Waals surface area contributed by atoms with Crippen molar-refractivity contribution >= 4 is 27.5 Å². The van der Waals surface area contributed by atoms with Gasteiger partial charge in [0.25, 0.3) is 5.91 Å². The number of carbonyl (C=O) groups excluding carboxylic acids is 2. The smallest absolute Gasteiger partial charge is 0.305 e. The summed E-state index contributed by atoms with van der Waals surface area (Å²) in [6, 6.07) is 14.8. The Bertz CT molecular complexity index is 1480. The molecule has 1 aromatic heterocycles. The van der Waals surface area contributed by atoms with E-state index in [0.29, 0.717) is 29.7 Å². The number of methoxy groups -OCH3 is 1. The Morgan fingerprint density at radius 2 is 1.82 bits per heavy atom. The highest BCUT2D eigenvalue weighted by Gasteiger charge is 2.37. The van der Waals surface area contributed by atoms with Gasteiger partial charge in [0.1, 0.15) is 23.1 Å². The van der Waals surface area contributed by atoms with Crippen LogP contribution in [0.3, 0.4) is 0 Å². The van der Waals surface area contributed by atoms with Crippen molar-refractivity contribution in [2.24, 2.45) is 11.7 Å².